The van der Waals surface area contributed by atoms with Crippen molar-refractivity contribution < 1.29 is 22.7 Å². The van der Waals surface area contributed by atoms with E-state index in [1.54, 1.807) is 17.8 Å². The number of hydrogen-bond donors (Lipinski definition) is 0. The summed E-state index contributed by atoms with van der Waals surface area (Å²) >= 11 is 0.948. The number of ether oxygens (including phenoxy) is 1. The molecule has 3 aliphatic rings. The molecule has 2 aliphatic heterocycles. The molecule has 9 heteroatoms. The molecule has 1 aromatic rings. The SMILES string of the molecule is COC1=C(C)CC23C=CC=C(C(F)(F)F)N2c2ncc(SC(C)=O)n2C3=C1C. The molecule has 1 spiro atoms. The van der Waals surface area contributed by atoms with Crippen molar-refractivity contribution in [1.82, 2.24) is 9.55 Å². The fourth-order valence-corrected chi connectivity index (χ4v) is 5.08. The van der Waals surface area contributed by atoms with E-state index >= 15 is 0 Å². The van der Waals surface area contributed by atoms with Gasteiger partial charge in [-0.05, 0) is 37.3 Å². The standard InChI is InChI=1S/C19H18F3N3O2S/c1-10-8-18-7-5-6-13(19(20,21)22)25(18)17-23-9-14(28-12(3)26)24(17)16(18)11(2)15(10)27-4/h5-7,9H,8H2,1-4H3. The quantitative estimate of drug-likeness (QED) is 0.666. The zero-order chi connectivity index (χ0) is 20.4. The maximum atomic E-state index is 13.9. The molecule has 4 rings (SSSR count). The fraction of sp³-hybridized carbons (Fsp3) is 0.368. The zero-order valence-electron chi connectivity index (χ0n) is 15.7. The van der Waals surface area contributed by atoms with Gasteiger partial charge in [-0.15, -0.1) is 0 Å². The van der Waals surface area contributed by atoms with Crippen molar-refractivity contribution in [2.75, 3.05) is 12.0 Å². The van der Waals surface area contributed by atoms with E-state index in [2.05, 4.69) is 4.98 Å². The first kappa shape index (κ1) is 18.9. The van der Waals surface area contributed by atoms with Gasteiger partial charge in [-0.1, -0.05) is 12.2 Å². The highest BCUT2D eigenvalue weighted by Gasteiger charge is 2.58. The molecule has 0 N–H and O–H groups in total. The van der Waals surface area contributed by atoms with E-state index in [0.29, 0.717) is 22.9 Å². The number of methoxy groups -OCH3 is 1. The van der Waals surface area contributed by atoms with Crippen LogP contribution in [0.1, 0.15) is 27.2 Å². The smallest absolute Gasteiger partial charge is 0.431 e. The van der Waals surface area contributed by atoms with Crippen molar-refractivity contribution in [2.24, 2.45) is 0 Å². The van der Waals surface area contributed by atoms with Gasteiger partial charge in [-0.3, -0.25) is 14.3 Å². The van der Waals surface area contributed by atoms with Crippen LogP contribution in [0.2, 0.25) is 0 Å². The number of anilines is 1. The van der Waals surface area contributed by atoms with E-state index < -0.39 is 17.4 Å². The van der Waals surface area contributed by atoms with Crippen LogP contribution in [0.15, 0.2) is 52.1 Å². The molecule has 0 fully saturated rings. The lowest BCUT2D eigenvalue weighted by molar-refractivity contribution is -0.109. The molecule has 1 aliphatic carbocycles. The van der Waals surface area contributed by atoms with Gasteiger partial charge < -0.3 is 4.74 Å². The molecule has 1 aromatic heterocycles. The lowest BCUT2D eigenvalue weighted by Crippen LogP contribution is -2.50. The molecule has 0 saturated heterocycles. The van der Waals surface area contributed by atoms with Crippen molar-refractivity contribution in [3.8, 4) is 0 Å². The van der Waals surface area contributed by atoms with Crippen LogP contribution in [0.4, 0.5) is 19.1 Å². The minimum absolute atomic E-state index is 0.149. The second-order valence-electron chi connectivity index (χ2n) is 6.96. The van der Waals surface area contributed by atoms with Gasteiger partial charge in [0.25, 0.3) is 0 Å². The molecule has 28 heavy (non-hydrogen) atoms. The Morgan fingerprint density at radius 1 is 1.36 bits per heavy atom. The molecule has 0 saturated carbocycles. The normalized spacial score (nSPS) is 23.5. The molecule has 1 unspecified atom stereocenters. The third-order valence-electron chi connectivity index (χ3n) is 5.17. The predicted molar refractivity (Wildman–Crippen MR) is 100 cm³/mol. The third kappa shape index (κ3) is 2.41. The maximum absolute atomic E-state index is 13.9. The highest BCUT2D eigenvalue weighted by molar-refractivity contribution is 8.13. The highest BCUT2D eigenvalue weighted by atomic mass is 32.2. The van der Waals surface area contributed by atoms with Gasteiger partial charge in [0.05, 0.1) is 19.0 Å². The van der Waals surface area contributed by atoms with Crippen molar-refractivity contribution >= 4 is 28.5 Å². The number of carbonyl (C=O) groups is 1. The lowest BCUT2D eigenvalue weighted by atomic mass is 9.78. The first-order valence-corrected chi connectivity index (χ1v) is 9.42. The Balaban J connectivity index is 2.05. The van der Waals surface area contributed by atoms with Gasteiger partial charge in [0.1, 0.15) is 22.0 Å². The largest absolute Gasteiger partial charge is 0.496 e. The Bertz CT molecular complexity index is 1020. The average Bonchev–Trinajstić information content (AvgIpc) is 3.09. The van der Waals surface area contributed by atoms with Gasteiger partial charge >= 0.3 is 6.18 Å². The van der Waals surface area contributed by atoms with E-state index in [9.17, 15) is 18.0 Å². The van der Waals surface area contributed by atoms with Crippen molar-refractivity contribution in [1.29, 1.82) is 0 Å². The van der Waals surface area contributed by atoms with Gasteiger partial charge in [-0.25, -0.2) is 4.98 Å². The topological polar surface area (TPSA) is 47.4 Å². The minimum atomic E-state index is -4.55. The van der Waals surface area contributed by atoms with Crippen LogP contribution in [0.3, 0.4) is 0 Å². The zero-order valence-corrected chi connectivity index (χ0v) is 16.5. The Labute approximate surface area is 164 Å². The van der Waals surface area contributed by atoms with Crippen LogP contribution < -0.4 is 4.90 Å². The number of alkyl halides is 3. The molecule has 0 radical (unpaired) electrons. The van der Waals surface area contributed by atoms with Gasteiger partial charge in [0.2, 0.25) is 5.95 Å². The summed E-state index contributed by atoms with van der Waals surface area (Å²) in [5, 5.41) is 0.312. The van der Waals surface area contributed by atoms with Crippen LogP contribution in [0.5, 0.6) is 0 Å². The van der Waals surface area contributed by atoms with E-state index in [1.807, 2.05) is 13.8 Å². The molecule has 148 valence electrons. The summed E-state index contributed by atoms with van der Waals surface area (Å²) in [7, 11) is 1.55. The molecule has 1 atom stereocenters. The number of halogens is 3. The Hall–Kier alpha value is -2.42. The van der Waals surface area contributed by atoms with E-state index in [-0.39, 0.29) is 11.1 Å². The maximum Gasteiger partial charge on any atom is 0.431 e. The Morgan fingerprint density at radius 2 is 2.07 bits per heavy atom. The molecule has 5 nitrogen and oxygen atoms in total. The molecule has 0 aromatic carbocycles. The number of fused-ring (bicyclic) bond motifs is 3. The molecule has 0 amide bonds. The number of nitrogens with zero attached hydrogens (tertiary/aromatic N) is 3. The first-order valence-electron chi connectivity index (χ1n) is 8.60. The van der Waals surface area contributed by atoms with Crippen LogP contribution in [0.25, 0.3) is 5.70 Å². The number of imidazole rings is 1. The Morgan fingerprint density at radius 3 is 2.68 bits per heavy atom. The summed E-state index contributed by atoms with van der Waals surface area (Å²) in [6.07, 6.45) is 1.49. The second-order valence-corrected chi connectivity index (χ2v) is 8.16. The van der Waals surface area contributed by atoms with Crippen LogP contribution in [0, 0.1) is 0 Å². The Kier molecular flexibility index (Phi) is 4.08. The van der Waals surface area contributed by atoms with Gasteiger partial charge in [0, 0.05) is 18.9 Å². The summed E-state index contributed by atoms with van der Waals surface area (Å²) in [6.45, 7) is 5.10. The number of hydrogen-bond acceptors (Lipinski definition) is 5. The fourth-order valence-electron chi connectivity index (χ4n) is 4.42. The molecule has 0 bridgehead atoms. The summed E-state index contributed by atoms with van der Waals surface area (Å²) in [5.41, 5.74) is 0.376. The third-order valence-corrected chi connectivity index (χ3v) is 5.96. The lowest BCUT2D eigenvalue weighted by Gasteiger charge is -2.43. The second kappa shape index (κ2) is 6.04. The average molecular weight is 409 g/mol. The highest BCUT2D eigenvalue weighted by Crippen LogP contribution is 2.57. The van der Waals surface area contributed by atoms with E-state index in [1.165, 1.54) is 24.1 Å². The van der Waals surface area contributed by atoms with Crippen LogP contribution in [-0.2, 0) is 9.53 Å². The summed E-state index contributed by atoms with van der Waals surface area (Å²) in [4.78, 5) is 17.2. The minimum Gasteiger partial charge on any atom is -0.496 e. The van der Waals surface area contributed by atoms with Crippen LogP contribution >= 0.6 is 11.8 Å². The summed E-state index contributed by atoms with van der Waals surface area (Å²) in [5.74, 6) is 0.800. The van der Waals surface area contributed by atoms with Crippen molar-refractivity contribution in [3.63, 3.8) is 0 Å². The number of carbonyl (C=O) groups excluding carboxylic acids is 1. The molecular weight excluding hydrogens is 391 g/mol. The number of thioether (sulfide) groups is 1. The molecular formula is C19H18F3N3O2S. The van der Waals surface area contributed by atoms with E-state index in [0.717, 1.165) is 29.0 Å². The van der Waals surface area contributed by atoms with E-state index in [4.69, 9.17) is 4.74 Å². The van der Waals surface area contributed by atoms with Crippen molar-refractivity contribution in [3.05, 3.63) is 47.0 Å². The monoisotopic (exact) mass is 409 g/mol. The first-order chi connectivity index (χ1) is 13.1. The summed E-state index contributed by atoms with van der Waals surface area (Å²) in [6, 6.07) is 0. The molecule has 3 heterocycles. The number of rotatable bonds is 2. The van der Waals surface area contributed by atoms with Gasteiger partial charge in [-0.2, -0.15) is 13.2 Å². The number of allylic oxidation sites excluding steroid dienone is 4. The van der Waals surface area contributed by atoms with Crippen molar-refractivity contribution in [2.45, 2.75) is 43.9 Å². The predicted octanol–water partition coefficient (Wildman–Crippen LogP) is 4.65. The number of aromatic nitrogens is 2. The van der Waals surface area contributed by atoms with Gasteiger partial charge in [0.15, 0.2) is 5.12 Å². The summed E-state index contributed by atoms with van der Waals surface area (Å²) < 4.78 is 48.9. The van der Waals surface area contributed by atoms with Crippen LogP contribution in [-0.4, -0.2) is 33.5 Å².